The van der Waals surface area contributed by atoms with Gasteiger partial charge in [0.05, 0.1) is 19.3 Å². The second kappa shape index (κ2) is 9.71. The topological polar surface area (TPSA) is 50.8 Å². The average Bonchev–Trinajstić information content (AvgIpc) is 3.22. The normalized spacial score (nSPS) is 16.2. The van der Waals surface area contributed by atoms with Gasteiger partial charge in [-0.1, -0.05) is 25.1 Å². The van der Waals surface area contributed by atoms with Crippen molar-refractivity contribution in [2.24, 2.45) is 0 Å². The molecule has 6 heteroatoms. The molecule has 2 aromatic rings. The maximum atomic E-state index is 12.3. The molecular weight excluding hydrogens is 348 g/mol. The summed E-state index contributed by atoms with van der Waals surface area (Å²) in [5.74, 6) is 0.643. The van der Waals surface area contributed by atoms with Crippen LogP contribution in [-0.4, -0.2) is 50.3 Å². The summed E-state index contributed by atoms with van der Waals surface area (Å²) < 4.78 is 11.1. The first-order chi connectivity index (χ1) is 12.8. The number of thiophene rings is 1. The van der Waals surface area contributed by atoms with Crippen LogP contribution in [0.1, 0.15) is 23.4 Å². The highest BCUT2D eigenvalue weighted by molar-refractivity contribution is 7.10. The van der Waals surface area contributed by atoms with Crippen molar-refractivity contribution in [2.45, 2.75) is 19.4 Å². The number of morpholine rings is 1. The van der Waals surface area contributed by atoms with E-state index in [0.29, 0.717) is 6.54 Å². The van der Waals surface area contributed by atoms with E-state index in [2.05, 4.69) is 40.7 Å². The number of benzene rings is 1. The van der Waals surface area contributed by atoms with Crippen LogP contribution in [0.15, 0.2) is 41.8 Å². The van der Waals surface area contributed by atoms with Crippen molar-refractivity contribution in [1.82, 2.24) is 10.2 Å². The zero-order valence-corrected chi connectivity index (χ0v) is 16.0. The highest BCUT2D eigenvalue weighted by Crippen LogP contribution is 2.25. The molecule has 1 atom stereocenters. The predicted octanol–water partition coefficient (Wildman–Crippen LogP) is 2.88. The summed E-state index contributed by atoms with van der Waals surface area (Å²) in [6, 6.07) is 12.2. The van der Waals surface area contributed by atoms with Gasteiger partial charge in [-0.2, -0.15) is 0 Å². The zero-order chi connectivity index (χ0) is 18.2. The Labute approximate surface area is 158 Å². The third-order valence-corrected chi connectivity index (χ3v) is 5.50. The fourth-order valence-electron chi connectivity index (χ4n) is 3.05. The minimum atomic E-state index is -0.0956. The average molecular weight is 375 g/mol. The third-order valence-electron chi connectivity index (χ3n) is 4.53. The molecule has 1 aliphatic heterocycles. The Bertz CT molecular complexity index is 684. The minimum absolute atomic E-state index is 0.0352. The molecule has 140 valence electrons. The molecule has 1 aliphatic rings. The molecule has 0 aliphatic carbocycles. The Hall–Kier alpha value is -1.89. The molecule has 0 radical (unpaired) electrons. The SMILES string of the molecule is CCc1cccc(OCC(=O)NCC(c2cccs2)N2CCOCC2)c1. The van der Waals surface area contributed by atoms with Crippen LogP contribution >= 0.6 is 11.3 Å². The highest BCUT2D eigenvalue weighted by atomic mass is 32.1. The van der Waals surface area contributed by atoms with Crippen LogP contribution in [0.5, 0.6) is 5.75 Å². The van der Waals surface area contributed by atoms with E-state index in [1.54, 1.807) is 11.3 Å². The van der Waals surface area contributed by atoms with Crippen LogP contribution in [0.2, 0.25) is 0 Å². The van der Waals surface area contributed by atoms with E-state index < -0.39 is 0 Å². The number of hydrogen-bond acceptors (Lipinski definition) is 5. The van der Waals surface area contributed by atoms with Gasteiger partial charge in [0.25, 0.3) is 5.91 Å². The molecule has 26 heavy (non-hydrogen) atoms. The molecule has 1 unspecified atom stereocenters. The third kappa shape index (κ3) is 5.30. The van der Waals surface area contributed by atoms with Crippen LogP contribution in [0.3, 0.4) is 0 Å². The van der Waals surface area contributed by atoms with Crippen LogP contribution < -0.4 is 10.1 Å². The van der Waals surface area contributed by atoms with E-state index in [9.17, 15) is 4.79 Å². The number of amides is 1. The quantitative estimate of drug-likeness (QED) is 0.772. The predicted molar refractivity (Wildman–Crippen MR) is 104 cm³/mol. The molecular formula is C20H26N2O3S. The minimum Gasteiger partial charge on any atom is -0.484 e. The van der Waals surface area contributed by atoms with Crippen molar-refractivity contribution >= 4 is 17.2 Å². The second-order valence-corrected chi connectivity index (χ2v) is 7.25. The van der Waals surface area contributed by atoms with Crippen LogP contribution in [0.25, 0.3) is 0 Å². The van der Waals surface area contributed by atoms with Crippen molar-refractivity contribution in [3.8, 4) is 5.75 Å². The van der Waals surface area contributed by atoms with Gasteiger partial charge in [0, 0.05) is 24.5 Å². The Balaban J connectivity index is 1.52. The number of rotatable bonds is 8. The Morgan fingerprint density at radius 1 is 1.31 bits per heavy atom. The molecule has 1 fully saturated rings. The lowest BCUT2D eigenvalue weighted by atomic mass is 10.2. The van der Waals surface area contributed by atoms with Gasteiger partial charge in [-0.3, -0.25) is 9.69 Å². The van der Waals surface area contributed by atoms with E-state index in [1.165, 1.54) is 10.4 Å². The highest BCUT2D eigenvalue weighted by Gasteiger charge is 2.23. The van der Waals surface area contributed by atoms with Crippen LogP contribution in [0.4, 0.5) is 0 Å². The van der Waals surface area contributed by atoms with Gasteiger partial charge in [-0.15, -0.1) is 11.3 Å². The van der Waals surface area contributed by atoms with Crippen LogP contribution in [-0.2, 0) is 16.0 Å². The molecule has 2 heterocycles. The maximum Gasteiger partial charge on any atom is 0.258 e. The smallest absolute Gasteiger partial charge is 0.258 e. The lowest BCUT2D eigenvalue weighted by Crippen LogP contribution is -2.44. The lowest BCUT2D eigenvalue weighted by molar-refractivity contribution is -0.123. The molecule has 1 amide bonds. The molecule has 5 nitrogen and oxygen atoms in total. The lowest BCUT2D eigenvalue weighted by Gasteiger charge is -2.34. The van der Waals surface area contributed by atoms with E-state index >= 15 is 0 Å². The number of ether oxygens (including phenoxy) is 2. The summed E-state index contributed by atoms with van der Waals surface area (Å²) in [6.07, 6.45) is 0.950. The number of hydrogen-bond donors (Lipinski definition) is 1. The van der Waals surface area contributed by atoms with Crippen LogP contribution in [0, 0.1) is 0 Å². The molecule has 1 aromatic heterocycles. The van der Waals surface area contributed by atoms with Crippen molar-refractivity contribution in [3.63, 3.8) is 0 Å². The monoisotopic (exact) mass is 374 g/mol. The Morgan fingerprint density at radius 3 is 2.88 bits per heavy atom. The van der Waals surface area contributed by atoms with Gasteiger partial charge in [0.2, 0.25) is 0 Å². The number of carbonyl (C=O) groups excluding carboxylic acids is 1. The Kier molecular flexibility index (Phi) is 7.05. The molecule has 1 saturated heterocycles. The fraction of sp³-hybridized carbons (Fsp3) is 0.450. The van der Waals surface area contributed by atoms with Gasteiger partial charge in [0.15, 0.2) is 6.61 Å². The van der Waals surface area contributed by atoms with Gasteiger partial charge < -0.3 is 14.8 Å². The fourth-order valence-corrected chi connectivity index (χ4v) is 3.91. The Morgan fingerprint density at radius 2 is 2.15 bits per heavy atom. The number of carbonyl (C=O) groups is 1. The molecule has 3 rings (SSSR count). The summed E-state index contributed by atoms with van der Waals surface area (Å²) in [5, 5.41) is 5.11. The molecule has 1 aromatic carbocycles. The van der Waals surface area contributed by atoms with E-state index in [4.69, 9.17) is 9.47 Å². The van der Waals surface area contributed by atoms with Gasteiger partial charge in [0.1, 0.15) is 5.75 Å². The number of nitrogens with one attached hydrogen (secondary N) is 1. The first kappa shape index (κ1) is 18.9. The van der Waals surface area contributed by atoms with Crippen molar-refractivity contribution < 1.29 is 14.3 Å². The van der Waals surface area contributed by atoms with Gasteiger partial charge >= 0.3 is 0 Å². The summed E-state index contributed by atoms with van der Waals surface area (Å²) >= 11 is 1.73. The zero-order valence-electron chi connectivity index (χ0n) is 15.1. The largest absolute Gasteiger partial charge is 0.484 e. The van der Waals surface area contributed by atoms with Gasteiger partial charge in [-0.25, -0.2) is 0 Å². The summed E-state index contributed by atoms with van der Waals surface area (Å²) in [6.45, 7) is 5.98. The maximum absolute atomic E-state index is 12.3. The first-order valence-electron chi connectivity index (χ1n) is 9.10. The number of nitrogens with zero attached hydrogens (tertiary/aromatic N) is 1. The molecule has 0 bridgehead atoms. The standard InChI is InChI=1S/C20H26N2O3S/c1-2-16-5-3-6-17(13-16)25-15-20(23)21-14-18(19-7-4-12-26-19)22-8-10-24-11-9-22/h3-7,12-13,18H,2,8-11,14-15H2,1H3,(H,21,23). The molecule has 1 N–H and O–H groups in total. The molecule has 0 spiro atoms. The second-order valence-electron chi connectivity index (χ2n) is 6.27. The first-order valence-corrected chi connectivity index (χ1v) is 9.98. The van der Waals surface area contributed by atoms with Crippen molar-refractivity contribution in [2.75, 3.05) is 39.5 Å². The van der Waals surface area contributed by atoms with Gasteiger partial charge in [-0.05, 0) is 35.6 Å². The summed E-state index contributed by atoms with van der Waals surface area (Å²) in [7, 11) is 0. The van der Waals surface area contributed by atoms with E-state index in [0.717, 1.165) is 38.5 Å². The summed E-state index contributed by atoms with van der Waals surface area (Å²) in [5.41, 5.74) is 1.20. The molecule has 0 saturated carbocycles. The van der Waals surface area contributed by atoms with E-state index in [-0.39, 0.29) is 18.6 Å². The summed E-state index contributed by atoms with van der Waals surface area (Å²) in [4.78, 5) is 15.9. The van der Waals surface area contributed by atoms with E-state index in [1.807, 2.05) is 18.2 Å². The van der Waals surface area contributed by atoms with Crippen molar-refractivity contribution in [1.29, 1.82) is 0 Å². The van der Waals surface area contributed by atoms with Crippen molar-refractivity contribution in [3.05, 3.63) is 52.2 Å². The number of aryl methyl sites for hydroxylation is 1.